The monoisotopic (exact) mass is 295 g/mol. The van der Waals surface area contributed by atoms with Crippen molar-refractivity contribution in [1.82, 2.24) is 5.10 Å². The fourth-order valence-corrected chi connectivity index (χ4v) is 2.22. The van der Waals surface area contributed by atoms with Crippen LogP contribution in [0.25, 0.3) is 16.9 Å². The lowest BCUT2D eigenvalue weighted by Crippen LogP contribution is -2.31. The highest BCUT2D eigenvalue weighted by Crippen LogP contribution is 2.21. The Kier molecular flexibility index (Phi) is 3.62. The van der Waals surface area contributed by atoms with Crippen molar-refractivity contribution in [2.45, 2.75) is 0 Å². The smallest absolute Gasteiger partial charge is 0.335 e. The lowest BCUT2D eigenvalue weighted by Gasteiger charge is -2.01. The molecule has 110 valence electrons. The van der Waals surface area contributed by atoms with Crippen LogP contribution in [0, 0.1) is 0 Å². The van der Waals surface area contributed by atoms with Crippen molar-refractivity contribution in [2.75, 3.05) is 7.11 Å². The first kappa shape index (κ1) is 13.9. The Hall–Kier alpha value is -3.08. The van der Waals surface area contributed by atoms with Gasteiger partial charge in [-0.25, -0.2) is 4.79 Å². The molecule has 0 saturated carbocycles. The molecule has 0 aliphatic heterocycles. The van der Waals surface area contributed by atoms with Gasteiger partial charge in [0.05, 0.1) is 12.7 Å². The van der Waals surface area contributed by atoms with E-state index in [9.17, 15) is 4.79 Å². The number of carbonyl (C=O) groups is 1. The van der Waals surface area contributed by atoms with Crippen molar-refractivity contribution in [3.63, 3.8) is 0 Å². The maximum Gasteiger partial charge on any atom is 0.335 e. The molecular weight excluding hydrogens is 280 g/mol. The van der Waals surface area contributed by atoms with E-state index in [-0.39, 0.29) is 5.56 Å². The van der Waals surface area contributed by atoms with Gasteiger partial charge in [0, 0.05) is 23.8 Å². The predicted octanol–water partition coefficient (Wildman–Crippen LogP) is 2.67. The fraction of sp³-hybridized carbons (Fsp3) is 0.0588. The third-order valence-corrected chi connectivity index (χ3v) is 3.40. The van der Waals surface area contributed by atoms with Gasteiger partial charge in [-0.1, -0.05) is 16.8 Å². The summed E-state index contributed by atoms with van der Waals surface area (Å²) in [5, 5.41) is 12.2. The molecule has 0 bridgehead atoms. The number of aromatic carboxylic acids is 1. The van der Waals surface area contributed by atoms with Gasteiger partial charge in [-0.2, -0.15) is 5.10 Å². The number of ether oxygens (including phenoxy) is 1. The average molecular weight is 295 g/mol. The SMILES string of the molecule is COc1cccc(-c2cc[n+](-c3ccc(C(=O)O)cc3)[nH]2)c1. The van der Waals surface area contributed by atoms with Crippen molar-refractivity contribution in [1.29, 1.82) is 0 Å². The summed E-state index contributed by atoms with van der Waals surface area (Å²) >= 11 is 0. The van der Waals surface area contributed by atoms with Gasteiger partial charge in [0.2, 0.25) is 11.9 Å². The number of rotatable bonds is 4. The standard InChI is InChI=1S/C17H14N2O3/c1-22-15-4-2-3-13(11-15)16-9-10-19(18-16)14-7-5-12(6-8-14)17(20)21/h2-11H,1H3,(H,20,21)/p+1. The van der Waals surface area contributed by atoms with Crippen LogP contribution in [0.2, 0.25) is 0 Å². The highest BCUT2D eigenvalue weighted by molar-refractivity contribution is 5.87. The molecule has 5 nitrogen and oxygen atoms in total. The zero-order valence-electron chi connectivity index (χ0n) is 12.0. The molecule has 0 aliphatic rings. The molecule has 0 saturated heterocycles. The molecule has 1 aromatic heterocycles. The molecular formula is C17H15N2O3+. The van der Waals surface area contributed by atoms with Crippen LogP contribution in [-0.4, -0.2) is 23.3 Å². The number of hydrogen-bond donors (Lipinski definition) is 2. The Morgan fingerprint density at radius 2 is 1.91 bits per heavy atom. The molecule has 3 rings (SSSR count). The van der Waals surface area contributed by atoms with E-state index in [2.05, 4.69) is 5.10 Å². The van der Waals surface area contributed by atoms with Gasteiger partial charge >= 0.3 is 5.97 Å². The zero-order valence-corrected chi connectivity index (χ0v) is 12.0. The average Bonchev–Trinajstić information content (AvgIpc) is 3.05. The number of carboxylic acids is 1. The summed E-state index contributed by atoms with van der Waals surface area (Å²) in [6.07, 6.45) is 1.89. The van der Waals surface area contributed by atoms with E-state index in [1.165, 1.54) is 0 Å². The molecule has 0 amide bonds. The first-order chi connectivity index (χ1) is 10.7. The Balaban J connectivity index is 1.91. The third-order valence-electron chi connectivity index (χ3n) is 3.40. The van der Waals surface area contributed by atoms with E-state index in [4.69, 9.17) is 9.84 Å². The lowest BCUT2D eigenvalue weighted by atomic mass is 10.1. The number of aromatic amines is 1. The van der Waals surface area contributed by atoms with Crippen LogP contribution in [0.15, 0.2) is 60.8 Å². The lowest BCUT2D eigenvalue weighted by molar-refractivity contribution is -0.654. The first-order valence-corrected chi connectivity index (χ1v) is 6.76. The molecule has 22 heavy (non-hydrogen) atoms. The number of aromatic nitrogens is 2. The second kappa shape index (κ2) is 5.73. The van der Waals surface area contributed by atoms with Crippen molar-refractivity contribution in [3.8, 4) is 22.7 Å². The van der Waals surface area contributed by atoms with Gasteiger partial charge in [-0.3, -0.25) is 0 Å². The van der Waals surface area contributed by atoms with Gasteiger partial charge in [-0.15, -0.1) is 0 Å². The maximum absolute atomic E-state index is 10.9. The largest absolute Gasteiger partial charge is 0.497 e. The third kappa shape index (κ3) is 2.69. The molecule has 2 aromatic carbocycles. The Morgan fingerprint density at radius 1 is 1.14 bits per heavy atom. The topological polar surface area (TPSA) is 66.2 Å². The summed E-state index contributed by atoms with van der Waals surface area (Å²) < 4.78 is 7.06. The number of nitrogens with one attached hydrogen (secondary N) is 1. The molecule has 1 heterocycles. The van der Waals surface area contributed by atoms with Gasteiger partial charge in [0.25, 0.3) is 0 Å². The molecule has 0 fully saturated rings. The number of hydrogen-bond acceptors (Lipinski definition) is 2. The highest BCUT2D eigenvalue weighted by atomic mass is 16.5. The zero-order chi connectivity index (χ0) is 15.5. The van der Waals surface area contributed by atoms with E-state index in [0.29, 0.717) is 0 Å². The van der Waals surface area contributed by atoms with Crippen LogP contribution in [0.3, 0.4) is 0 Å². The molecule has 5 heteroatoms. The predicted molar refractivity (Wildman–Crippen MR) is 81.3 cm³/mol. The van der Waals surface area contributed by atoms with E-state index < -0.39 is 5.97 Å². The molecule has 0 aliphatic carbocycles. The molecule has 0 radical (unpaired) electrons. The number of carboxylic acid groups (broad SMARTS) is 1. The molecule has 3 aromatic rings. The second-order valence-electron chi connectivity index (χ2n) is 4.80. The summed E-state index contributed by atoms with van der Waals surface area (Å²) in [5.41, 5.74) is 3.09. The minimum atomic E-state index is -0.930. The van der Waals surface area contributed by atoms with Gasteiger partial charge in [0.15, 0.2) is 0 Å². The second-order valence-corrected chi connectivity index (χ2v) is 4.80. The van der Waals surface area contributed by atoms with E-state index in [1.54, 1.807) is 31.4 Å². The van der Waals surface area contributed by atoms with Crippen molar-refractivity contribution >= 4 is 5.97 Å². The van der Waals surface area contributed by atoms with Crippen molar-refractivity contribution in [3.05, 3.63) is 66.4 Å². The van der Waals surface area contributed by atoms with Crippen molar-refractivity contribution < 1.29 is 19.3 Å². The molecule has 0 unspecified atom stereocenters. The van der Waals surface area contributed by atoms with E-state index >= 15 is 0 Å². The molecule has 0 spiro atoms. The van der Waals surface area contributed by atoms with Gasteiger partial charge in [0.1, 0.15) is 11.4 Å². The van der Waals surface area contributed by atoms with E-state index in [0.717, 1.165) is 22.7 Å². The summed E-state index contributed by atoms with van der Waals surface area (Å²) in [4.78, 5) is 10.9. The maximum atomic E-state index is 10.9. The van der Waals surface area contributed by atoms with Crippen LogP contribution in [0.5, 0.6) is 5.75 Å². The minimum absolute atomic E-state index is 0.268. The Morgan fingerprint density at radius 3 is 2.59 bits per heavy atom. The quantitative estimate of drug-likeness (QED) is 0.727. The molecule has 0 atom stereocenters. The van der Waals surface area contributed by atoms with Gasteiger partial charge in [-0.05, 0) is 24.3 Å². The first-order valence-electron chi connectivity index (χ1n) is 6.76. The Bertz CT molecular complexity index is 807. The van der Waals surface area contributed by atoms with Crippen LogP contribution in [-0.2, 0) is 0 Å². The van der Waals surface area contributed by atoms with Crippen LogP contribution in [0.4, 0.5) is 0 Å². The van der Waals surface area contributed by atoms with Crippen LogP contribution >= 0.6 is 0 Å². The minimum Gasteiger partial charge on any atom is -0.497 e. The normalized spacial score (nSPS) is 10.4. The Labute approximate surface area is 127 Å². The van der Waals surface area contributed by atoms with E-state index in [1.807, 2.05) is 41.2 Å². The summed E-state index contributed by atoms with van der Waals surface area (Å²) in [6.45, 7) is 0. The number of benzene rings is 2. The summed E-state index contributed by atoms with van der Waals surface area (Å²) in [5.74, 6) is -0.135. The van der Waals surface area contributed by atoms with Crippen molar-refractivity contribution in [2.24, 2.45) is 0 Å². The summed E-state index contributed by atoms with van der Waals surface area (Å²) in [6, 6.07) is 16.4. The van der Waals surface area contributed by atoms with Crippen LogP contribution < -0.4 is 9.42 Å². The molecule has 2 N–H and O–H groups in total. The van der Waals surface area contributed by atoms with Crippen LogP contribution in [0.1, 0.15) is 10.4 Å². The number of methoxy groups -OCH3 is 1. The van der Waals surface area contributed by atoms with Gasteiger partial charge < -0.3 is 9.84 Å². The summed E-state index contributed by atoms with van der Waals surface area (Å²) in [7, 11) is 1.64. The fourth-order valence-electron chi connectivity index (χ4n) is 2.22. The number of nitrogens with zero attached hydrogens (tertiary/aromatic N) is 1. The number of H-pyrrole nitrogens is 1. The highest BCUT2D eigenvalue weighted by Gasteiger charge is 2.12.